The van der Waals surface area contributed by atoms with Crippen LogP contribution in [0.25, 0.3) is 11.1 Å². The summed E-state index contributed by atoms with van der Waals surface area (Å²) >= 11 is 6.36. The van der Waals surface area contributed by atoms with Crippen molar-refractivity contribution < 1.29 is 9.13 Å². The van der Waals surface area contributed by atoms with Gasteiger partial charge in [-0.1, -0.05) is 18.5 Å². The molecule has 2 aliphatic rings. The van der Waals surface area contributed by atoms with Gasteiger partial charge in [0.1, 0.15) is 16.8 Å². The van der Waals surface area contributed by atoms with Crippen LogP contribution >= 0.6 is 11.6 Å². The molecule has 8 heteroatoms. The smallest absolute Gasteiger partial charge is 0.149 e. The van der Waals surface area contributed by atoms with E-state index in [1.165, 1.54) is 19.0 Å². The van der Waals surface area contributed by atoms with Gasteiger partial charge >= 0.3 is 0 Å². The van der Waals surface area contributed by atoms with Crippen molar-refractivity contribution in [2.24, 2.45) is 5.41 Å². The van der Waals surface area contributed by atoms with E-state index in [1.54, 1.807) is 19.4 Å². The quantitative estimate of drug-likeness (QED) is 0.337. The molecule has 174 valence electrons. The van der Waals surface area contributed by atoms with Gasteiger partial charge in [0.15, 0.2) is 0 Å². The van der Waals surface area contributed by atoms with Crippen LogP contribution in [-0.2, 0) is 4.74 Å². The van der Waals surface area contributed by atoms with Crippen LogP contribution in [0.5, 0.6) is 0 Å². The van der Waals surface area contributed by atoms with E-state index in [1.807, 2.05) is 6.07 Å². The largest absolute Gasteiger partial charge is 0.383 e. The van der Waals surface area contributed by atoms with Crippen LogP contribution in [0.4, 0.5) is 15.9 Å². The van der Waals surface area contributed by atoms with Crippen molar-refractivity contribution in [3.8, 4) is 11.1 Å². The number of ether oxygens (including phenoxy) is 1. The van der Waals surface area contributed by atoms with E-state index in [2.05, 4.69) is 32.8 Å². The lowest BCUT2D eigenvalue weighted by molar-refractivity contribution is 0.191. The molecule has 2 aromatic rings. The van der Waals surface area contributed by atoms with Gasteiger partial charge in [-0.3, -0.25) is 0 Å². The first kappa shape index (κ1) is 23.2. The maximum absolute atomic E-state index is 14.7. The van der Waals surface area contributed by atoms with Crippen molar-refractivity contribution in [1.82, 2.24) is 15.3 Å². The third-order valence-corrected chi connectivity index (χ3v) is 6.93. The Morgan fingerprint density at radius 1 is 1.09 bits per heavy atom. The summed E-state index contributed by atoms with van der Waals surface area (Å²) in [6.07, 6.45) is 9.70. The Morgan fingerprint density at radius 3 is 2.56 bits per heavy atom. The van der Waals surface area contributed by atoms with Crippen molar-refractivity contribution in [1.29, 1.82) is 0 Å². The Morgan fingerprint density at radius 2 is 1.84 bits per heavy atom. The van der Waals surface area contributed by atoms with Gasteiger partial charge < -0.3 is 20.7 Å². The summed E-state index contributed by atoms with van der Waals surface area (Å²) in [5, 5.41) is 10.7. The molecule has 0 aliphatic heterocycles. The first-order chi connectivity index (χ1) is 15.5. The highest BCUT2D eigenvalue weighted by Crippen LogP contribution is 2.45. The fraction of sp³-hybridized carbons (Fsp3) is 0.583. The number of rotatable bonds is 10. The average Bonchev–Trinajstić information content (AvgIpc) is 3.53. The highest BCUT2D eigenvalue weighted by atomic mass is 35.5. The molecule has 0 bridgehead atoms. The topological polar surface area (TPSA) is 71.1 Å². The Labute approximate surface area is 194 Å². The molecule has 0 amide bonds. The van der Waals surface area contributed by atoms with Gasteiger partial charge in [-0.2, -0.15) is 0 Å². The van der Waals surface area contributed by atoms with E-state index in [9.17, 15) is 4.39 Å². The SMILES string of the molecule is COCCNC1CCC(Nc2cc(-c3cc(NCC4(C)CC4)cnc3Cl)c(F)cn2)CC1. The lowest BCUT2D eigenvalue weighted by Crippen LogP contribution is -2.38. The zero-order valence-electron chi connectivity index (χ0n) is 18.9. The molecule has 2 aromatic heterocycles. The fourth-order valence-electron chi connectivity index (χ4n) is 4.18. The zero-order chi connectivity index (χ0) is 22.6. The van der Waals surface area contributed by atoms with E-state index < -0.39 is 5.82 Å². The molecule has 2 heterocycles. The molecule has 0 unspecified atom stereocenters. The normalized spacial score (nSPS) is 21.9. The maximum Gasteiger partial charge on any atom is 0.149 e. The highest BCUT2D eigenvalue weighted by molar-refractivity contribution is 6.32. The summed E-state index contributed by atoms with van der Waals surface area (Å²) in [6.45, 7) is 4.75. The van der Waals surface area contributed by atoms with Crippen LogP contribution in [0.15, 0.2) is 24.5 Å². The van der Waals surface area contributed by atoms with Gasteiger partial charge in [0.05, 0.1) is 24.7 Å². The first-order valence-corrected chi connectivity index (χ1v) is 11.9. The van der Waals surface area contributed by atoms with Crippen molar-refractivity contribution in [3.63, 3.8) is 0 Å². The van der Waals surface area contributed by atoms with Gasteiger partial charge in [0, 0.05) is 43.4 Å². The van der Waals surface area contributed by atoms with E-state index in [4.69, 9.17) is 16.3 Å². The van der Waals surface area contributed by atoms with Crippen molar-refractivity contribution in [3.05, 3.63) is 35.5 Å². The van der Waals surface area contributed by atoms with Crippen LogP contribution in [0.1, 0.15) is 45.4 Å². The molecule has 0 saturated heterocycles. The van der Waals surface area contributed by atoms with Gasteiger partial charge in [-0.25, -0.2) is 14.4 Å². The van der Waals surface area contributed by atoms with Crippen LogP contribution in [0.3, 0.4) is 0 Å². The molecule has 2 saturated carbocycles. The monoisotopic (exact) mass is 461 g/mol. The molecule has 4 rings (SSSR count). The van der Waals surface area contributed by atoms with Crippen molar-refractivity contribution in [2.45, 2.75) is 57.5 Å². The molecule has 0 aromatic carbocycles. The molecular formula is C24H33ClFN5O. The van der Waals surface area contributed by atoms with Crippen LogP contribution < -0.4 is 16.0 Å². The number of nitrogens with zero attached hydrogens (tertiary/aromatic N) is 2. The van der Waals surface area contributed by atoms with E-state index >= 15 is 0 Å². The molecule has 0 atom stereocenters. The minimum absolute atomic E-state index is 0.284. The molecule has 3 N–H and O–H groups in total. The second-order valence-corrected chi connectivity index (χ2v) is 9.77. The van der Waals surface area contributed by atoms with Crippen molar-refractivity contribution >= 4 is 23.1 Å². The number of anilines is 2. The summed E-state index contributed by atoms with van der Waals surface area (Å²) in [5.74, 6) is 0.258. The number of hydrogen-bond acceptors (Lipinski definition) is 6. The number of halogens is 2. The van der Waals surface area contributed by atoms with Gasteiger partial charge in [-0.05, 0) is 56.1 Å². The third kappa shape index (κ3) is 6.09. The summed E-state index contributed by atoms with van der Waals surface area (Å²) in [6, 6.07) is 4.47. The predicted molar refractivity (Wildman–Crippen MR) is 128 cm³/mol. The van der Waals surface area contributed by atoms with Gasteiger partial charge in [-0.15, -0.1) is 0 Å². The number of hydrogen-bond donors (Lipinski definition) is 3. The summed E-state index contributed by atoms with van der Waals surface area (Å²) in [4.78, 5) is 8.55. The molecule has 6 nitrogen and oxygen atoms in total. The standard InChI is InChI=1S/C24H33ClFN5O/c1-24(7-8-24)15-30-18-11-20(23(25)29-13-18)19-12-22(28-14-21(19)26)31-17-5-3-16(4-6-17)27-9-10-32-2/h11-14,16-17,27,30H,3-10,15H2,1-2H3,(H,28,31). The highest BCUT2D eigenvalue weighted by Gasteiger charge is 2.36. The molecular weight excluding hydrogens is 429 g/mol. The summed E-state index contributed by atoms with van der Waals surface area (Å²) in [5.41, 5.74) is 2.20. The van der Waals surface area contributed by atoms with Crippen molar-refractivity contribution in [2.75, 3.05) is 37.4 Å². The minimum Gasteiger partial charge on any atom is -0.383 e. The molecule has 32 heavy (non-hydrogen) atoms. The molecule has 2 fully saturated rings. The van der Waals surface area contributed by atoms with Crippen LogP contribution in [0, 0.1) is 11.2 Å². The fourth-order valence-corrected chi connectivity index (χ4v) is 4.38. The number of pyridine rings is 2. The third-order valence-electron chi connectivity index (χ3n) is 6.63. The van der Waals surface area contributed by atoms with E-state index in [0.29, 0.717) is 34.4 Å². The zero-order valence-corrected chi connectivity index (χ0v) is 19.6. The summed E-state index contributed by atoms with van der Waals surface area (Å²) in [7, 11) is 1.72. The number of nitrogens with one attached hydrogen (secondary N) is 3. The van der Waals surface area contributed by atoms with Crippen LogP contribution in [-0.4, -0.2) is 48.9 Å². The second kappa shape index (κ2) is 10.3. The van der Waals surface area contributed by atoms with E-state index in [-0.39, 0.29) is 5.15 Å². The van der Waals surface area contributed by atoms with Gasteiger partial charge in [0.25, 0.3) is 0 Å². The molecule has 2 aliphatic carbocycles. The van der Waals surface area contributed by atoms with E-state index in [0.717, 1.165) is 51.1 Å². The average molecular weight is 462 g/mol. The predicted octanol–water partition coefficient (Wildman–Crippen LogP) is 5.11. The number of methoxy groups -OCH3 is 1. The Balaban J connectivity index is 1.41. The number of aromatic nitrogens is 2. The lowest BCUT2D eigenvalue weighted by atomic mass is 9.91. The maximum atomic E-state index is 14.7. The Hall–Kier alpha value is -1.96. The minimum atomic E-state index is -0.406. The Kier molecular flexibility index (Phi) is 7.48. The molecule has 0 radical (unpaired) electrons. The first-order valence-electron chi connectivity index (χ1n) is 11.5. The molecule has 0 spiro atoms. The van der Waals surface area contributed by atoms with Gasteiger partial charge in [0.2, 0.25) is 0 Å². The van der Waals surface area contributed by atoms with Crippen LogP contribution in [0.2, 0.25) is 5.15 Å². The lowest BCUT2D eigenvalue weighted by Gasteiger charge is -2.30. The summed E-state index contributed by atoms with van der Waals surface area (Å²) < 4.78 is 19.8. The Bertz CT molecular complexity index is 915. The second-order valence-electron chi connectivity index (χ2n) is 9.42.